The molecule has 0 fully saturated rings. The third-order valence-corrected chi connectivity index (χ3v) is 3.98. The van der Waals surface area contributed by atoms with Gasteiger partial charge in [0, 0.05) is 0 Å². The summed E-state index contributed by atoms with van der Waals surface area (Å²) in [5.41, 5.74) is 0. The van der Waals surface area contributed by atoms with Gasteiger partial charge in [-0.25, -0.2) is 0 Å². The molecule has 0 aromatic rings. The number of unbranched alkanes of at least 4 members (excludes halogenated alkanes) is 10. The molecule has 0 aromatic heterocycles. The van der Waals surface area contributed by atoms with E-state index in [1.54, 1.807) is 0 Å². The van der Waals surface area contributed by atoms with Crippen LogP contribution >= 0.6 is 7.94 Å². The van der Waals surface area contributed by atoms with Gasteiger partial charge in [0.2, 0.25) is 0 Å². The third kappa shape index (κ3) is 16.3. The monoisotopic (exact) mass is 265 g/mol. The van der Waals surface area contributed by atoms with Gasteiger partial charge in [-0.15, -0.1) is 0 Å². The van der Waals surface area contributed by atoms with Crippen molar-refractivity contribution < 1.29 is 14.7 Å². The van der Waals surface area contributed by atoms with E-state index in [1.807, 2.05) is 0 Å². The summed E-state index contributed by atoms with van der Waals surface area (Å²) < 4.78 is 0. The van der Waals surface area contributed by atoms with Crippen molar-refractivity contribution in [2.24, 2.45) is 0 Å². The molecular weight excluding hydrogens is 235 g/mol. The highest BCUT2D eigenvalue weighted by Gasteiger charge is 2.27. The summed E-state index contributed by atoms with van der Waals surface area (Å²) in [5, 5.41) is 0. The summed E-state index contributed by atoms with van der Waals surface area (Å²) in [6, 6.07) is 0. The average Bonchev–Trinajstić information content (AvgIpc) is 2.24. The van der Waals surface area contributed by atoms with Crippen LogP contribution in [0.25, 0.3) is 0 Å². The molecule has 3 nitrogen and oxygen atoms in total. The lowest BCUT2D eigenvalue weighted by Gasteiger charge is -2.04. The van der Waals surface area contributed by atoms with E-state index in [9.17, 15) is 0 Å². The van der Waals surface area contributed by atoms with E-state index >= 15 is 0 Å². The molecule has 0 heterocycles. The van der Waals surface area contributed by atoms with Crippen molar-refractivity contribution in [1.82, 2.24) is 0 Å². The molecule has 0 amide bonds. The fourth-order valence-corrected chi connectivity index (χ4v) is 2.64. The highest BCUT2D eigenvalue weighted by Crippen LogP contribution is 2.45. The first-order valence-corrected chi connectivity index (χ1v) is 8.96. The molecule has 0 radical (unpaired) electrons. The van der Waals surface area contributed by atoms with Gasteiger partial charge in [0.1, 0.15) is 6.16 Å². The Hall–Kier alpha value is 0.310. The summed E-state index contributed by atoms with van der Waals surface area (Å²) in [5.74, 6) is 0. The molecule has 0 rings (SSSR count). The Kier molecular flexibility index (Phi) is 11.6. The van der Waals surface area contributed by atoms with Crippen molar-refractivity contribution in [1.29, 1.82) is 0 Å². The fourth-order valence-electron chi connectivity index (χ4n) is 1.99. The van der Waals surface area contributed by atoms with Gasteiger partial charge in [-0.05, 0) is 12.8 Å². The summed E-state index contributed by atoms with van der Waals surface area (Å²) in [4.78, 5) is 26.4. The third-order valence-electron chi connectivity index (χ3n) is 3.06. The molecule has 0 saturated heterocycles. The zero-order valence-corrected chi connectivity index (χ0v) is 12.2. The summed E-state index contributed by atoms with van der Waals surface area (Å²) in [7, 11) is -3.49. The highest BCUT2D eigenvalue weighted by molar-refractivity contribution is 7.58. The zero-order chi connectivity index (χ0) is 13.0. The van der Waals surface area contributed by atoms with Crippen LogP contribution in [0.2, 0.25) is 0 Å². The predicted octanol–water partition coefficient (Wildman–Crippen LogP) is 4.04. The van der Waals surface area contributed by atoms with Crippen molar-refractivity contribution in [2.45, 2.75) is 77.6 Å². The Bertz CT molecular complexity index is 157. The maximum Gasteiger partial charge on any atom is 0.403 e. The van der Waals surface area contributed by atoms with Gasteiger partial charge in [0.25, 0.3) is 0 Å². The summed E-state index contributed by atoms with van der Waals surface area (Å²) >= 11 is 0. The number of rotatable bonds is 12. The second-order valence-electron chi connectivity index (χ2n) is 4.95. The van der Waals surface area contributed by atoms with Crippen molar-refractivity contribution in [3.63, 3.8) is 0 Å². The van der Waals surface area contributed by atoms with E-state index in [1.165, 1.54) is 51.4 Å². The van der Waals surface area contributed by atoms with E-state index in [-0.39, 0.29) is 6.16 Å². The number of hydrogen-bond acceptors (Lipinski definition) is 3. The van der Waals surface area contributed by atoms with E-state index < -0.39 is 7.94 Å². The molecular formula is C13H30O3P+. The standard InChI is InChI=1S/C13H30O3P/c1-2-3-4-5-6-7-8-9-10-11-12-13-17(14,15)16/h14-16H,2-13H2,1H3/q+1. The molecule has 0 spiro atoms. The maximum atomic E-state index is 8.78. The normalized spacial score (nSPS) is 12.0. The Morgan fingerprint density at radius 3 is 1.29 bits per heavy atom. The van der Waals surface area contributed by atoms with Crippen LogP contribution in [0.15, 0.2) is 0 Å². The van der Waals surface area contributed by atoms with Crippen LogP contribution < -0.4 is 0 Å². The van der Waals surface area contributed by atoms with Crippen molar-refractivity contribution in [2.75, 3.05) is 6.16 Å². The van der Waals surface area contributed by atoms with Crippen LogP contribution in [0.5, 0.6) is 0 Å². The van der Waals surface area contributed by atoms with Crippen LogP contribution in [0.1, 0.15) is 77.6 Å². The highest BCUT2D eigenvalue weighted by atomic mass is 31.2. The minimum absolute atomic E-state index is 0.171. The largest absolute Gasteiger partial charge is 0.403 e. The molecule has 0 aliphatic heterocycles. The molecule has 0 atom stereocenters. The van der Waals surface area contributed by atoms with Gasteiger partial charge in [0.15, 0.2) is 0 Å². The molecule has 0 saturated carbocycles. The predicted molar refractivity (Wildman–Crippen MR) is 74.9 cm³/mol. The lowest BCUT2D eigenvalue weighted by Crippen LogP contribution is -1.95. The quantitative estimate of drug-likeness (QED) is 0.369. The fraction of sp³-hybridized carbons (Fsp3) is 1.00. The summed E-state index contributed by atoms with van der Waals surface area (Å²) in [6.45, 7) is 2.24. The lowest BCUT2D eigenvalue weighted by molar-refractivity contribution is 0.328. The second kappa shape index (κ2) is 11.4. The molecule has 0 aliphatic carbocycles. The minimum Gasteiger partial charge on any atom is -0.193 e. The molecule has 17 heavy (non-hydrogen) atoms. The molecule has 0 aromatic carbocycles. The first-order valence-electron chi connectivity index (χ1n) is 7.12. The molecule has 0 bridgehead atoms. The van der Waals surface area contributed by atoms with Crippen LogP contribution in [0, 0.1) is 0 Å². The average molecular weight is 265 g/mol. The SMILES string of the molecule is CCCCCCCCCCCCC[P+](O)(O)O. The second-order valence-corrected chi connectivity index (χ2v) is 6.78. The van der Waals surface area contributed by atoms with E-state index in [4.69, 9.17) is 14.7 Å². The first kappa shape index (κ1) is 17.3. The minimum atomic E-state index is -3.49. The zero-order valence-electron chi connectivity index (χ0n) is 11.3. The van der Waals surface area contributed by atoms with Crippen molar-refractivity contribution >= 4 is 7.94 Å². The van der Waals surface area contributed by atoms with Gasteiger partial charge in [-0.1, -0.05) is 64.7 Å². The van der Waals surface area contributed by atoms with E-state index in [0.29, 0.717) is 0 Å². The lowest BCUT2D eigenvalue weighted by atomic mass is 10.1. The number of hydrogen-bond donors (Lipinski definition) is 3. The molecule has 0 unspecified atom stereocenters. The van der Waals surface area contributed by atoms with Crippen LogP contribution in [-0.2, 0) is 0 Å². The van der Waals surface area contributed by atoms with Crippen LogP contribution in [-0.4, -0.2) is 20.8 Å². The maximum absolute atomic E-state index is 8.78. The van der Waals surface area contributed by atoms with Crippen LogP contribution in [0.3, 0.4) is 0 Å². The smallest absolute Gasteiger partial charge is 0.193 e. The Morgan fingerprint density at radius 2 is 0.941 bits per heavy atom. The molecule has 4 heteroatoms. The summed E-state index contributed by atoms with van der Waals surface area (Å²) in [6.07, 6.45) is 13.7. The topological polar surface area (TPSA) is 60.7 Å². The van der Waals surface area contributed by atoms with Crippen molar-refractivity contribution in [3.8, 4) is 0 Å². The van der Waals surface area contributed by atoms with Crippen molar-refractivity contribution in [3.05, 3.63) is 0 Å². The van der Waals surface area contributed by atoms with E-state index in [0.717, 1.165) is 19.3 Å². The van der Waals surface area contributed by atoms with Gasteiger partial charge in [-0.2, -0.15) is 14.7 Å². The van der Waals surface area contributed by atoms with Gasteiger partial charge in [0.05, 0.1) is 0 Å². The molecule has 0 aliphatic rings. The molecule has 104 valence electrons. The molecule has 3 N–H and O–H groups in total. The Balaban J connectivity index is 2.99. The van der Waals surface area contributed by atoms with Gasteiger partial charge in [-0.3, -0.25) is 0 Å². The first-order chi connectivity index (χ1) is 8.06. The Labute approximate surface area is 107 Å². The van der Waals surface area contributed by atoms with Gasteiger partial charge < -0.3 is 0 Å². The van der Waals surface area contributed by atoms with Crippen LogP contribution in [0.4, 0.5) is 0 Å². The Morgan fingerprint density at radius 1 is 0.588 bits per heavy atom. The van der Waals surface area contributed by atoms with Gasteiger partial charge >= 0.3 is 7.94 Å². The van der Waals surface area contributed by atoms with E-state index in [2.05, 4.69) is 6.92 Å².